The van der Waals surface area contributed by atoms with Gasteiger partial charge in [-0.3, -0.25) is 4.79 Å². The third kappa shape index (κ3) is 4.21. The van der Waals surface area contributed by atoms with Gasteiger partial charge in [-0.1, -0.05) is 15.9 Å². The molecule has 0 aliphatic carbocycles. The van der Waals surface area contributed by atoms with Crippen LogP contribution in [0.4, 0.5) is 0 Å². The smallest absolute Gasteiger partial charge is 0.255 e. The topological polar surface area (TPSA) is 61.4 Å². The first-order valence-electron chi connectivity index (χ1n) is 6.64. The predicted molar refractivity (Wildman–Crippen MR) is 78.4 cm³/mol. The highest BCUT2D eigenvalue weighted by atomic mass is 79.9. The fraction of sp³-hybridized carbons (Fsp3) is 0.500. The van der Waals surface area contributed by atoms with E-state index in [4.69, 9.17) is 0 Å². The monoisotopic (exact) mass is 326 g/mol. The van der Waals surface area contributed by atoms with Gasteiger partial charge in [0.1, 0.15) is 5.75 Å². The van der Waals surface area contributed by atoms with Crippen LogP contribution < -0.4 is 10.6 Å². The first-order chi connectivity index (χ1) is 9.16. The highest BCUT2D eigenvalue weighted by Crippen LogP contribution is 2.22. The molecule has 104 valence electrons. The van der Waals surface area contributed by atoms with Crippen LogP contribution in [0, 0.1) is 5.92 Å². The van der Waals surface area contributed by atoms with E-state index in [1.807, 2.05) is 0 Å². The minimum Gasteiger partial charge on any atom is -0.507 e. The maximum Gasteiger partial charge on any atom is 0.255 e. The van der Waals surface area contributed by atoms with Crippen molar-refractivity contribution in [2.75, 3.05) is 19.6 Å². The minimum atomic E-state index is -0.214. The van der Waals surface area contributed by atoms with Crippen molar-refractivity contribution in [3.8, 4) is 5.75 Å². The summed E-state index contributed by atoms with van der Waals surface area (Å²) in [4.78, 5) is 11.9. The van der Waals surface area contributed by atoms with Crippen LogP contribution in [0.5, 0.6) is 5.75 Å². The number of hydrogen-bond acceptors (Lipinski definition) is 3. The summed E-state index contributed by atoms with van der Waals surface area (Å²) in [6.07, 6.45) is 3.43. The Morgan fingerprint density at radius 2 is 2.37 bits per heavy atom. The summed E-state index contributed by atoms with van der Waals surface area (Å²) in [6, 6.07) is 4.90. The van der Waals surface area contributed by atoms with Crippen molar-refractivity contribution in [2.24, 2.45) is 5.92 Å². The number of piperidine rings is 1. The fourth-order valence-corrected chi connectivity index (χ4v) is 2.70. The summed E-state index contributed by atoms with van der Waals surface area (Å²) in [6.45, 7) is 2.80. The number of rotatable bonds is 4. The van der Waals surface area contributed by atoms with Crippen molar-refractivity contribution >= 4 is 21.8 Å². The Balaban J connectivity index is 1.80. The average molecular weight is 327 g/mol. The third-order valence-corrected chi connectivity index (χ3v) is 3.93. The first-order valence-corrected chi connectivity index (χ1v) is 7.43. The molecule has 1 saturated heterocycles. The SMILES string of the molecule is O=C(NCCC1CCCNC1)c1ccc(Br)cc1O. The Bertz CT molecular complexity index is 445. The normalized spacial score (nSPS) is 19.1. The molecule has 3 N–H and O–H groups in total. The van der Waals surface area contributed by atoms with E-state index in [1.54, 1.807) is 12.1 Å². The number of halogens is 1. The van der Waals surface area contributed by atoms with Gasteiger partial charge in [-0.25, -0.2) is 0 Å². The van der Waals surface area contributed by atoms with E-state index in [0.29, 0.717) is 18.0 Å². The Kier molecular flexibility index (Phi) is 5.22. The van der Waals surface area contributed by atoms with E-state index in [1.165, 1.54) is 18.9 Å². The van der Waals surface area contributed by atoms with Crippen molar-refractivity contribution in [2.45, 2.75) is 19.3 Å². The molecule has 1 unspecified atom stereocenters. The number of nitrogens with one attached hydrogen (secondary N) is 2. The molecule has 0 radical (unpaired) electrons. The molecule has 4 nitrogen and oxygen atoms in total. The first kappa shape index (κ1) is 14.3. The van der Waals surface area contributed by atoms with Gasteiger partial charge in [0.25, 0.3) is 5.91 Å². The van der Waals surface area contributed by atoms with Crippen LogP contribution in [0.15, 0.2) is 22.7 Å². The summed E-state index contributed by atoms with van der Waals surface area (Å²) in [5, 5.41) is 15.9. The second-order valence-electron chi connectivity index (χ2n) is 4.92. The van der Waals surface area contributed by atoms with E-state index >= 15 is 0 Å². The van der Waals surface area contributed by atoms with Gasteiger partial charge >= 0.3 is 0 Å². The lowest BCUT2D eigenvalue weighted by Gasteiger charge is -2.22. The highest BCUT2D eigenvalue weighted by Gasteiger charge is 2.14. The molecule has 1 atom stereocenters. The Morgan fingerprint density at radius 1 is 1.53 bits per heavy atom. The Morgan fingerprint density at radius 3 is 3.05 bits per heavy atom. The van der Waals surface area contributed by atoms with Gasteiger partial charge in [0.2, 0.25) is 0 Å². The molecule has 1 heterocycles. The van der Waals surface area contributed by atoms with E-state index < -0.39 is 0 Å². The van der Waals surface area contributed by atoms with E-state index in [9.17, 15) is 9.90 Å². The summed E-state index contributed by atoms with van der Waals surface area (Å²) in [5.41, 5.74) is 0.324. The minimum absolute atomic E-state index is 0.00575. The number of hydrogen-bond donors (Lipinski definition) is 3. The van der Waals surface area contributed by atoms with E-state index in [2.05, 4.69) is 26.6 Å². The van der Waals surface area contributed by atoms with Gasteiger partial charge in [0, 0.05) is 11.0 Å². The second-order valence-corrected chi connectivity index (χ2v) is 5.83. The van der Waals surface area contributed by atoms with Gasteiger partial charge in [-0.15, -0.1) is 0 Å². The number of carbonyl (C=O) groups is 1. The molecule has 2 rings (SSSR count). The molecule has 1 aromatic rings. The largest absolute Gasteiger partial charge is 0.507 e. The molecule has 0 saturated carbocycles. The quantitative estimate of drug-likeness (QED) is 0.795. The van der Waals surface area contributed by atoms with Crippen LogP contribution in [-0.4, -0.2) is 30.6 Å². The van der Waals surface area contributed by atoms with E-state index in [0.717, 1.165) is 24.0 Å². The van der Waals surface area contributed by atoms with E-state index in [-0.39, 0.29) is 11.7 Å². The van der Waals surface area contributed by atoms with Crippen molar-refractivity contribution in [1.82, 2.24) is 10.6 Å². The molecule has 1 amide bonds. The summed E-state index contributed by atoms with van der Waals surface area (Å²) >= 11 is 3.25. The summed E-state index contributed by atoms with van der Waals surface area (Å²) in [5.74, 6) is 0.438. The van der Waals surface area contributed by atoms with Crippen LogP contribution in [0.1, 0.15) is 29.6 Å². The lowest BCUT2D eigenvalue weighted by molar-refractivity contribution is 0.0948. The van der Waals surface area contributed by atoms with Crippen LogP contribution >= 0.6 is 15.9 Å². The molecule has 1 aliphatic heterocycles. The van der Waals surface area contributed by atoms with Gasteiger partial charge in [0.05, 0.1) is 5.56 Å². The fourth-order valence-electron chi connectivity index (χ4n) is 2.35. The Hall–Kier alpha value is -1.07. The zero-order valence-electron chi connectivity index (χ0n) is 10.8. The summed E-state index contributed by atoms with van der Waals surface area (Å²) < 4.78 is 0.759. The highest BCUT2D eigenvalue weighted by molar-refractivity contribution is 9.10. The number of phenolic OH excluding ortho intramolecular Hbond substituents is 1. The van der Waals surface area contributed by atoms with Crippen LogP contribution in [0.25, 0.3) is 0 Å². The zero-order valence-corrected chi connectivity index (χ0v) is 12.4. The van der Waals surface area contributed by atoms with Crippen LogP contribution in [0.3, 0.4) is 0 Å². The van der Waals surface area contributed by atoms with Crippen LogP contribution in [0.2, 0.25) is 0 Å². The molecule has 0 aromatic heterocycles. The lowest BCUT2D eigenvalue weighted by atomic mass is 9.96. The van der Waals surface area contributed by atoms with Crippen LogP contribution in [-0.2, 0) is 0 Å². The predicted octanol–water partition coefficient (Wildman–Crippen LogP) is 2.27. The summed E-state index contributed by atoms with van der Waals surface area (Å²) in [7, 11) is 0. The molecule has 1 aromatic carbocycles. The molecule has 0 bridgehead atoms. The van der Waals surface area contributed by atoms with Gasteiger partial charge in [-0.2, -0.15) is 0 Å². The molecule has 1 aliphatic rings. The lowest BCUT2D eigenvalue weighted by Crippen LogP contribution is -2.33. The molecular weight excluding hydrogens is 308 g/mol. The average Bonchev–Trinajstić information content (AvgIpc) is 2.39. The Labute approximate surface area is 121 Å². The standard InChI is InChI=1S/C14H19BrN2O2/c15-11-3-4-12(13(18)8-11)14(19)17-7-5-10-2-1-6-16-9-10/h3-4,8,10,16,18H,1-2,5-7,9H2,(H,17,19). The maximum absolute atomic E-state index is 11.9. The second kappa shape index (κ2) is 6.91. The zero-order chi connectivity index (χ0) is 13.7. The molecule has 19 heavy (non-hydrogen) atoms. The number of carbonyl (C=O) groups excluding carboxylic acids is 1. The number of aromatic hydroxyl groups is 1. The van der Waals surface area contributed by atoms with Crippen molar-refractivity contribution in [3.05, 3.63) is 28.2 Å². The van der Waals surface area contributed by atoms with Gasteiger partial charge in [-0.05, 0) is 56.5 Å². The maximum atomic E-state index is 11.9. The molecular formula is C14H19BrN2O2. The van der Waals surface area contributed by atoms with Crippen molar-refractivity contribution < 1.29 is 9.90 Å². The number of amides is 1. The van der Waals surface area contributed by atoms with Crippen molar-refractivity contribution in [1.29, 1.82) is 0 Å². The number of phenols is 1. The van der Waals surface area contributed by atoms with Gasteiger partial charge < -0.3 is 15.7 Å². The molecule has 0 spiro atoms. The molecule has 1 fully saturated rings. The van der Waals surface area contributed by atoms with Crippen molar-refractivity contribution in [3.63, 3.8) is 0 Å². The molecule has 5 heteroatoms. The van der Waals surface area contributed by atoms with Gasteiger partial charge in [0.15, 0.2) is 0 Å². The number of benzene rings is 1. The third-order valence-electron chi connectivity index (χ3n) is 3.44.